The number of anilines is 1. The highest BCUT2D eigenvalue weighted by molar-refractivity contribution is 5.78. The third-order valence-electron chi connectivity index (χ3n) is 5.90. The van der Waals surface area contributed by atoms with Crippen LogP contribution in [0.3, 0.4) is 0 Å². The van der Waals surface area contributed by atoms with Gasteiger partial charge in [0.05, 0.1) is 11.6 Å². The van der Waals surface area contributed by atoms with Gasteiger partial charge in [0, 0.05) is 25.3 Å². The number of likely N-dealkylation sites (tertiary alicyclic amines) is 1. The van der Waals surface area contributed by atoms with Gasteiger partial charge in [-0.15, -0.1) is 0 Å². The third kappa shape index (κ3) is 3.95. The minimum absolute atomic E-state index is 0.0288. The number of benzene rings is 1. The summed E-state index contributed by atoms with van der Waals surface area (Å²) in [6.07, 6.45) is 2.01. The van der Waals surface area contributed by atoms with Gasteiger partial charge in [0.2, 0.25) is 5.91 Å². The van der Waals surface area contributed by atoms with Gasteiger partial charge < -0.3 is 20.3 Å². The summed E-state index contributed by atoms with van der Waals surface area (Å²) in [5.41, 5.74) is 7.45. The summed E-state index contributed by atoms with van der Waals surface area (Å²) in [6, 6.07) is 15.7. The maximum absolute atomic E-state index is 12.8. The predicted octanol–water partition coefficient (Wildman–Crippen LogP) is 2.05. The molecule has 2 bridgehead atoms. The minimum atomic E-state index is -0.611. The first kappa shape index (κ1) is 19.4. The predicted molar refractivity (Wildman–Crippen MR) is 109 cm³/mol. The number of hydrogen-bond acceptors (Lipinski definition) is 6. The smallest absolute Gasteiger partial charge is 0.248 e. The van der Waals surface area contributed by atoms with E-state index in [1.807, 2.05) is 41.3 Å². The number of fused-ring (bicyclic) bond motifs is 2. The molecule has 2 aliphatic rings. The summed E-state index contributed by atoms with van der Waals surface area (Å²) in [5, 5.41) is 8.99. The van der Waals surface area contributed by atoms with Crippen molar-refractivity contribution in [1.29, 1.82) is 5.26 Å². The van der Waals surface area contributed by atoms with E-state index in [2.05, 4.69) is 22.9 Å². The molecule has 2 aromatic rings. The van der Waals surface area contributed by atoms with Crippen molar-refractivity contribution in [2.75, 3.05) is 24.6 Å². The molecule has 7 heteroatoms. The van der Waals surface area contributed by atoms with Crippen molar-refractivity contribution in [2.24, 2.45) is 11.7 Å². The van der Waals surface area contributed by atoms with E-state index in [0.717, 1.165) is 17.8 Å². The van der Waals surface area contributed by atoms with Gasteiger partial charge in [-0.25, -0.2) is 4.98 Å². The van der Waals surface area contributed by atoms with Crippen LogP contribution in [0.5, 0.6) is 0 Å². The van der Waals surface area contributed by atoms with E-state index in [-0.39, 0.29) is 24.6 Å². The zero-order valence-corrected chi connectivity index (χ0v) is 16.4. The van der Waals surface area contributed by atoms with Crippen LogP contribution in [0.25, 0.3) is 0 Å². The average Bonchev–Trinajstić information content (AvgIpc) is 2.96. The molecule has 2 N–H and O–H groups in total. The fraction of sp³-hybridized carbons (Fsp3) is 0.409. The van der Waals surface area contributed by atoms with Gasteiger partial charge in [-0.3, -0.25) is 4.79 Å². The number of rotatable bonds is 5. The second kappa shape index (κ2) is 8.19. The molecule has 0 radical (unpaired) electrons. The fourth-order valence-electron chi connectivity index (χ4n) is 4.39. The molecule has 4 rings (SSSR count). The summed E-state index contributed by atoms with van der Waals surface area (Å²) in [6.45, 7) is 3.48. The zero-order chi connectivity index (χ0) is 20.4. The summed E-state index contributed by atoms with van der Waals surface area (Å²) in [5.74, 6) is 1.30. The zero-order valence-electron chi connectivity index (χ0n) is 16.4. The molecule has 0 saturated carbocycles. The van der Waals surface area contributed by atoms with Gasteiger partial charge in [-0.2, -0.15) is 5.26 Å². The number of carbonyl (C=O) groups excluding carboxylic acids is 1. The molecule has 1 aromatic heterocycles. The average molecular weight is 391 g/mol. The second-order valence-corrected chi connectivity index (χ2v) is 7.80. The number of amides is 1. The Balaban J connectivity index is 1.39. The number of piperazine rings is 1. The van der Waals surface area contributed by atoms with Crippen molar-refractivity contribution in [3.05, 3.63) is 59.8 Å². The van der Waals surface area contributed by atoms with E-state index < -0.39 is 6.23 Å². The van der Waals surface area contributed by atoms with Crippen LogP contribution in [-0.2, 0) is 9.53 Å². The number of nitriles is 1. The Bertz CT molecular complexity index is 896. The molecule has 3 heterocycles. The van der Waals surface area contributed by atoms with Gasteiger partial charge in [0.1, 0.15) is 24.7 Å². The molecule has 1 aromatic carbocycles. The van der Waals surface area contributed by atoms with Crippen molar-refractivity contribution in [2.45, 2.75) is 31.7 Å². The Morgan fingerprint density at radius 2 is 2.10 bits per heavy atom. The topological polar surface area (TPSA) is 95.5 Å². The number of carbonyl (C=O) groups is 1. The number of aromatic nitrogens is 1. The fourth-order valence-corrected chi connectivity index (χ4v) is 4.39. The lowest BCUT2D eigenvalue weighted by Gasteiger charge is -2.42. The Labute approximate surface area is 170 Å². The van der Waals surface area contributed by atoms with Crippen LogP contribution in [0.1, 0.15) is 30.7 Å². The first-order valence-corrected chi connectivity index (χ1v) is 9.91. The van der Waals surface area contributed by atoms with Crippen molar-refractivity contribution < 1.29 is 9.53 Å². The number of hydrogen-bond donors (Lipinski definition) is 1. The Morgan fingerprint density at radius 1 is 1.31 bits per heavy atom. The van der Waals surface area contributed by atoms with Crippen molar-refractivity contribution in [3.63, 3.8) is 0 Å². The number of ether oxygens (including phenoxy) is 1. The molecule has 1 amide bonds. The monoisotopic (exact) mass is 391 g/mol. The Kier molecular flexibility index (Phi) is 5.47. The molecule has 2 aliphatic heterocycles. The second-order valence-electron chi connectivity index (χ2n) is 7.80. The van der Waals surface area contributed by atoms with Gasteiger partial charge in [-0.1, -0.05) is 37.3 Å². The van der Waals surface area contributed by atoms with Gasteiger partial charge in [-0.05, 0) is 30.0 Å². The molecule has 0 spiro atoms. The van der Waals surface area contributed by atoms with E-state index in [0.29, 0.717) is 24.6 Å². The van der Waals surface area contributed by atoms with Gasteiger partial charge in [0.15, 0.2) is 0 Å². The first-order chi connectivity index (χ1) is 14.1. The van der Waals surface area contributed by atoms with Crippen molar-refractivity contribution >= 4 is 11.7 Å². The highest BCUT2D eigenvalue weighted by Crippen LogP contribution is 2.37. The van der Waals surface area contributed by atoms with Crippen molar-refractivity contribution in [1.82, 2.24) is 9.88 Å². The molecule has 150 valence electrons. The van der Waals surface area contributed by atoms with Crippen LogP contribution in [0.2, 0.25) is 0 Å². The van der Waals surface area contributed by atoms with Crippen LogP contribution in [0.15, 0.2) is 48.7 Å². The lowest BCUT2D eigenvalue weighted by atomic mass is 10.0. The maximum atomic E-state index is 12.8. The van der Waals surface area contributed by atoms with E-state index >= 15 is 0 Å². The molecule has 4 atom stereocenters. The lowest BCUT2D eigenvalue weighted by molar-refractivity contribution is -0.139. The SMILES string of the molecule is C[C@H]1CC2CN(C(=O)CO[C@H](N)c3ccccc3)CC1N2c1ccc(C#N)cn1. The van der Waals surface area contributed by atoms with Crippen LogP contribution in [0.4, 0.5) is 5.82 Å². The highest BCUT2D eigenvalue weighted by atomic mass is 16.5. The van der Waals surface area contributed by atoms with Crippen LogP contribution in [0, 0.1) is 17.2 Å². The molecule has 2 fully saturated rings. The molecule has 0 aliphatic carbocycles. The lowest BCUT2D eigenvalue weighted by Crippen LogP contribution is -2.57. The summed E-state index contributed by atoms with van der Waals surface area (Å²) in [7, 11) is 0. The highest BCUT2D eigenvalue weighted by Gasteiger charge is 2.45. The normalized spacial score (nSPS) is 24.2. The van der Waals surface area contributed by atoms with Crippen molar-refractivity contribution in [3.8, 4) is 6.07 Å². The van der Waals surface area contributed by atoms with Crippen LogP contribution >= 0.6 is 0 Å². The molecular weight excluding hydrogens is 366 g/mol. The summed E-state index contributed by atoms with van der Waals surface area (Å²) in [4.78, 5) is 21.4. The number of pyridine rings is 1. The minimum Gasteiger partial charge on any atom is -0.349 e. The molecular formula is C22H25N5O2. The van der Waals surface area contributed by atoms with Crippen LogP contribution in [-0.4, -0.2) is 47.6 Å². The third-order valence-corrected chi connectivity index (χ3v) is 5.90. The maximum Gasteiger partial charge on any atom is 0.248 e. The Hall–Kier alpha value is -2.95. The number of nitrogens with zero attached hydrogens (tertiary/aromatic N) is 4. The quantitative estimate of drug-likeness (QED) is 0.784. The molecule has 29 heavy (non-hydrogen) atoms. The molecule has 2 unspecified atom stereocenters. The van der Waals surface area contributed by atoms with E-state index in [1.165, 1.54) is 0 Å². The van der Waals surface area contributed by atoms with E-state index in [4.69, 9.17) is 15.7 Å². The van der Waals surface area contributed by atoms with E-state index in [1.54, 1.807) is 12.3 Å². The Morgan fingerprint density at radius 3 is 2.76 bits per heavy atom. The van der Waals surface area contributed by atoms with Crippen LogP contribution < -0.4 is 10.6 Å². The van der Waals surface area contributed by atoms with Gasteiger partial charge >= 0.3 is 0 Å². The molecule has 7 nitrogen and oxygen atoms in total. The first-order valence-electron chi connectivity index (χ1n) is 9.91. The summed E-state index contributed by atoms with van der Waals surface area (Å²) < 4.78 is 5.63. The van der Waals surface area contributed by atoms with E-state index in [9.17, 15) is 4.79 Å². The number of nitrogens with two attached hydrogens (primary N) is 1. The standard InChI is InChI=1S/C22H25N5O2/c1-15-9-18-12-26(21(28)14-29-22(24)17-5-3-2-4-6-17)13-19(15)27(18)20-8-7-16(10-23)11-25-20/h2-8,11,15,18-19,22H,9,12-14,24H2,1H3/t15-,18?,19?,22-/m0/s1. The van der Waals surface area contributed by atoms with Gasteiger partial charge in [0.25, 0.3) is 0 Å². The largest absolute Gasteiger partial charge is 0.349 e. The summed E-state index contributed by atoms with van der Waals surface area (Å²) >= 11 is 0. The molecule has 2 saturated heterocycles.